The number of likely N-dealkylation sites (tertiary alicyclic amines) is 1. The normalized spacial score (nSPS) is 19.9. The van der Waals surface area contributed by atoms with Gasteiger partial charge in [0.15, 0.2) is 0 Å². The quantitative estimate of drug-likeness (QED) is 0.348. The lowest BCUT2D eigenvalue weighted by Crippen LogP contribution is -2.46. The van der Waals surface area contributed by atoms with Crippen molar-refractivity contribution in [2.24, 2.45) is 11.3 Å². The van der Waals surface area contributed by atoms with E-state index in [0.29, 0.717) is 31.6 Å². The number of nitrogens with zero attached hydrogens (tertiary/aromatic N) is 4. The van der Waals surface area contributed by atoms with Crippen LogP contribution < -0.4 is 10.8 Å². The standard InChI is InChI=1S/C22H36N6O4/c1-4-5-6-16(11-19(29)25-32)21(31)28-15-22(7-8-22)12-18(28)20(30)24-17-13-23-27(14-17)10-9-26(2)3/h13-14,16,18,32H,4-12,15H2,1-3H3,(H,24,30)(H,25,29)/t16-,18+/m1/s1. The third kappa shape index (κ3) is 6.07. The van der Waals surface area contributed by atoms with Gasteiger partial charge in [-0.1, -0.05) is 19.8 Å². The molecule has 0 unspecified atom stereocenters. The van der Waals surface area contributed by atoms with E-state index in [4.69, 9.17) is 5.21 Å². The molecule has 3 rings (SSSR count). The molecule has 10 heteroatoms. The second kappa shape index (κ2) is 10.4. The smallest absolute Gasteiger partial charge is 0.247 e. The van der Waals surface area contributed by atoms with E-state index in [1.165, 1.54) is 0 Å². The summed E-state index contributed by atoms with van der Waals surface area (Å²) in [7, 11) is 3.98. The molecule has 2 aliphatic rings. The summed E-state index contributed by atoms with van der Waals surface area (Å²) in [5.74, 6) is -1.51. The van der Waals surface area contributed by atoms with Crippen LogP contribution in [0.3, 0.4) is 0 Å². The molecule has 3 amide bonds. The fourth-order valence-electron chi connectivity index (χ4n) is 4.41. The average Bonchev–Trinajstić information content (AvgIpc) is 3.19. The molecule has 1 saturated carbocycles. The molecule has 3 N–H and O–H groups in total. The number of aromatic nitrogens is 2. The van der Waals surface area contributed by atoms with Crippen LogP contribution in [-0.4, -0.2) is 75.7 Å². The molecule has 2 heterocycles. The molecule has 1 spiro atoms. The van der Waals surface area contributed by atoms with Crippen molar-refractivity contribution in [2.75, 3.05) is 32.5 Å². The van der Waals surface area contributed by atoms with Gasteiger partial charge >= 0.3 is 0 Å². The summed E-state index contributed by atoms with van der Waals surface area (Å²) in [6, 6.07) is -0.559. The van der Waals surface area contributed by atoms with Gasteiger partial charge in [-0.05, 0) is 45.2 Å². The minimum atomic E-state index is -0.578. The second-order valence-corrected chi connectivity index (χ2v) is 9.55. The highest BCUT2D eigenvalue weighted by Crippen LogP contribution is 2.55. The van der Waals surface area contributed by atoms with Crippen LogP contribution in [0.4, 0.5) is 5.69 Å². The number of anilines is 1. The first-order chi connectivity index (χ1) is 15.3. The summed E-state index contributed by atoms with van der Waals surface area (Å²) >= 11 is 0. The third-order valence-corrected chi connectivity index (χ3v) is 6.54. The van der Waals surface area contributed by atoms with E-state index in [9.17, 15) is 14.4 Å². The lowest BCUT2D eigenvalue weighted by atomic mass is 9.96. The Labute approximate surface area is 189 Å². The molecule has 1 aromatic heterocycles. The van der Waals surface area contributed by atoms with Crippen LogP contribution in [0.1, 0.15) is 51.9 Å². The van der Waals surface area contributed by atoms with Crippen molar-refractivity contribution in [1.29, 1.82) is 0 Å². The van der Waals surface area contributed by atoms with E-state index in [1.54, 1.807) is 27.5 Å². The topological polar surface area (TPSA) is 120 Å². The number of nitrogens with one attached hydrogen (secondary N) is 2. The number of likely N-dealkylation sites (N-methyl/N-ethyl adjacent to an activating group) is 1. The number of rotatable bonds is 11. The van der Waals surface area contributed by atoms with Crippen LogP contribution in [0.2, 0.25) is 0 Å². The zero-order valence-electron chi connectivity index (χ0n) is 19.3. The van der Waals surface area contributed by atoms with Gasteiger partial charge in [-0.25, -0.2) is 5.48 Å². The summed E-state index contributed by atoms with van der Waals surface area (Å²) in [6.07, 6.45) is 8.27. The maximum absolute atomic E-state index is 13.4. The van der Waals surface area contributed by atoms with Crippen molar-refractivity contribution in [3.05, 3.63) is 12.4 Å². The van der Waals surface area contributed by atoms with E-state index in [-0.39, 0.29) is 23.7 Å². The minimum absolute atomic E-state index is 0.0299. The number of hydroxylamine groups is 1. The van der Waals surface area contributed by atoms with Gasteiger partial charge < -0.3 is 15.1 Å². The second-order valence-electron chi connectivity index (χ2n) is 9.55. The first-order valence-electron chi connectivity index (χ1n) is 11.5. The lowest BCUT2D eigenvalue weighted by Gasteiger charge is -2.28. The largest absolute Gasteiger partial charge is 0.330 e. The van der Waals surface area contributed by atoms with E-state index >= 15 is 0 Å². The molecule has 0 radical (unpaired) electrons. The molecule has 10 nitrogen and oxygen atoms in total. The zero-order chi connectivity index (χ0) is 23.3. The highest BCUT2D eigenvalue weighted by Gasteiger charge is 2.55. The molecule has 0 aromatic carbocycles. The first-order valence-corrected chi connectivity index (χ1v) is 11.5. The van der Waals surface area contributed by atoms with Gasteiger partial charge in [0.25, 0.3) is 0 Å². The molecule has 178 valence electrons. The highest BCUT2D eigenvalue weighted by molar-refractivity contribution is 5.98. The Kier molecular flexibility index (Phi) is 7.89. The predicted octanol–water partition coefficient (Wildman–Crippen LogP) is 1.47. The Morgan fingerprint density at radius 2 is 2.09 bits per heavy atom. The van der Waals surface area contributed by atoms with Gasteiger partial charge in [-0.15, -0.1) is 0 Å². The highest BCUT2D eigenvalue weighted by atomic mass is 16.5. The monoisotopic (exact) mass is 448 g/mol. The molecule has 1 aliphatic carbocycles. The molecule has 1 aliphatic heterocycles. The van der Waals surface area contributed by atoms with E-state index in [1.807, 2.05) is 21.0 Å². The van der Waals surface area contributed by atoms with Crippen molar-refractivity contribution >= 4 is 23.4 Å². The Bertz CT molecular complexity index is 819. The molecule has 2 atom stereocenters. The number of hydrogen-bond donors (Lipinski definition) is 3. The SMILES string of the molecule is CCCC[C@H](CC(=O)NO)C(=O)N1CC2(CC2)C[C@H]1C(=O)Nc1cnn(CCN(C)C)c1. The van der Waals surface area contributed by atoms with Gasteiger partial charge in [-0.2, -0.15) is 5.10 Å². The van der Waals surface area contributed by atoms with Crippen LogP contribution in [0.25, 0.3) is 0 Å². The van der Waals surface area contributed by atoms with Crippen LogP contribution in [0.5, 0.6) is 0 Å². The maximum Gasteiger partial charge on any atom is 0.247 e. The van der Waals surface area contributed by atoms with Crippen LogP contribution in [0.15, 0.2) is 12.4 Å². The van der Waals surface area contributed by atoms with Crippen LogP contribution in [0, 0.1) is 11.3 Å². The van der Waals surface area contributed by atoms with E-state index in [2.05, 4.69) is 15.3 Å². The summed E-state index contributed by atoms with van der Waals surface area (Å²) in [5.41, 5.74) is 2.27. The van der Waals surface area contributed by atoms with Crippen LogP contribution >= 0.6 is 0 Å². The van der Waals surface area contributed by atoms with Crippen molar-refractivity contribution in [3.63, 3.8) is 0 Å². The molecule has 1 aromatic rings. The number of carbonyl (C=O) groups excluding carboxylic acids is 3. The maximum atomic E-state index is 13.4. The number of amides is 3. The summed E-state index contributed by atoms with van der Waals surface area (Å²) in [6.45, 7) is 4.13. The average molecular weight is 449 g/mol. The molecular formula is C22H36N6O4. The van der Waals surface area contributed by atoms with E-state index in [0.717, 1.165) is 32.2 Å². The van der Waals surface area contributed by atoms with Crippen molar-refractivity contribution in [2.45, 2.75) is 64.5 Å². The fourth-order valence-corrected chi connectivity index (χ4v) is 4.41. The zero-order valence-corrected chi connectivity index (χ0v) is 19.3. The molecule has 2 fully saturated rings. The Morgan fingerprint density at radius 1 is 1.34 bits per heavy atom. The number of unbranched alkanes of at least 4 members (excludes halogenated alkanes) is 1. The van der Waals surface area contributed by atoms with E-state index < -0.39 is 17.9 Å². The Hall–Kier alpha value is -2.46. The van der Waals surface area contributed by atoms with Crippen molar-refractivity contribution < 1.29 is 19.6 Å². The molecule has 1 saturated heterocycles. The molecule has 32 heavy (non-hydrogen) atoms. The summed E-state index contributed by atoms with van der Waals surface area (Å²) < 4.78 is 1.78. The van der Waals surface area contributed by atoms with Gasteiger partial charge in [0.2, 0.25) is 17.7 Å². The van der Waals surface area contributed by atoms with Crippen LogP contribution in [-0.2, 0) is 20.9 Å². The molecular weight excluding hydrogens is 412 g/mol. The number of hydrogen-bond acceptors (Lipinski definition) is 6. The van der Waals surface area contributed by atoms with Gasteiger partial charge in [-0.3, -0.25) is 24.3 Å². The van der Waals surface area contributed by atoms with Gasteiger partial charge in [0.05, 0.1) is 18.4 Å². The Balaban J connectivity index is 1.69. The fraction of sp³-hybridized carbons (Fsp3) is 0.727. The van der Waals surface area contributed by atoms with Gasteiger partial charge in [0.1, 0.15) is 6.04 Å². The number of carbonyl (C=O) groups is 3. The third-order valence-electron chi connectivity index (χ3n) is 6.54. The minimum Gasteiger partial charge on any atom is -0.330 e. The van der Waals surface area contributed by atoms with Gasteiger partial charge in [0, 0.05) is 31.6 Å². The first kappa shape index (κ1) is 24.2. The van der Waals surface area contributed by atoms with Crippen molar-refractivity contribution in [3.8, 4) is 0 Å². The molecule has 0 bridgehead atoms. The Morgan fingerprint density at radius 3 is 2.72 bits per heavy atom. The van der Waals surface area contributed by atoms with Crippen molar-refractivity contribution in [1.82, 2.24) is 25.1 Å². The lowest BCUT2D eigenvalue weighted by molar-refractivity contribution is -0.143. The summed E-state index contributed by atoms with van der Waals surface area (Å²) in [4.78, 5) is 42.1. The predicted molar refractivity (Wildman–Crippen MR) is 119 cm³/mol. The summed E-state index contributed by atoms with van der Waals surface area (Å²) in [5, 5.41) is 16.1.